The lowest BCUT2D eigenvalue weighted by Gasteiger charge is -2.12. The van der Waals surface area contributed by atoms with Crippen molar-refractivity contribution >= 4 is 80.6 Å². The second-order valence-electron chi connectivity index (χ2n) is 6.93. The molecule has 2 amide bonds. The molecule has 1 saturated heterocycles. The van der Waals surface area contributed by atoms with Crippen LogP contribution in [0.15, 0.2) is 81.4 Å². The van der Waals surface area contributed by atoms with Crippen LogP contribution in [0.5, 0.6) is 0 Å². The average Bonchev–Trinajstić information content (AvgIpc) is 3.05. The van der Waals surface area contributed by atoms with Crippen LogP contribution in [0, 0.1) is 13.7 Å². The quantitative estimate of drug-likeness (QED) is 0.127. The molecule has 33 heavy (non-hydrogen) atoms. The molecule has 3 aromatic carbocycles. The van der Waals surface area contributed by atoms with Crippen LogP contribution in [0.4, 0.5) is 10.5 Å². The normalized spacial score (nSPS) is 14.8. The predicted molar refractivity (Wildman–Crippen MR) is 139 cm³/mol. The topological polar surface area (TPSA) is 80.5 Å². The summed E-state index contributed by atoms with van der Waals surface area (Å²) in [4.78, 5) is 39.1. The first-order valence-corrected chi connectivity index (χ1v) is 12.6. The molecule has 166 valence electrons. The summed E-state index contributed by atoms with van der Waals surface area (Å²) in [7, 11) is 0. The number of nitrogens with zero attached hydrogens (tertiary/aromatic N) is 2. The molecule has 1 heterocycles. The summed E-state index contributed by atoms with van der Waals surface area (Å²) in [6.45, 7) is 0.176. The smallest absolute Gasteiger partial charge is 0.268 e. The van der Waals surface area contributed by atoms with Crippen LogP contribution in [-0.2, 0) is 11.3 Å². The molecule has 4 rings (SSSR count). The lowest BCUT2D eigenvalue weighted by Crippen LogP contribution is -2.27. The van der Waals surface area contributed by atoms with Crippen molar-refractivity contribution in [1.82, 2.24) is 4.90 Å². The SMILES string of the molecule is O=C1S/C(=C\c2ccc(Sc3ccc(Cl)cc3)c([N+](=O)[O-])c2)C(=O)N1Cc1ccc(I)cc1. The van der Waals surface area contributed by atoms with Crippen LogP contribution in [0.25, 0.3) is 6.08 Å². The van der Waals surface area contributed by atoms with E-state index >= 15 is 0 Å². The van der Waals surface area contributed by atoms with Crippen molar-refractivity contribution < 1.29 is 14.5 Å². The lowest BCUT2D eigenvalue weighted by atomic mass is 10.1. The van der Waals surface area contributed by atoms with E-state index in [2.05, 4.69) is 22.6 Å². The van der Waals surface area contributed by atoms with Crippen molar-refractivity contribution in [3.8, 4) is 0 Å². The summed E-state index contributed by atoms with van der Waals surface area (Å²) in [6.07, 6.45) is 1.52. The number of thioether (sulfide) groups is 1. The predicted octanol–water partition coefficient (Wildman–Crippen LogP) is 7.24. The Hall–Kier alpha value is -2.34. The molecule has 1 aliphatic rings. The van der Waals surface area contributed by atoms with Gasteiger partial charge in [0.1, 0.15) is 0 Å². The fraction of sp³-hybridized carbons (Fsp3) is 0.0435. The Kier molecular flexibility index (Phi) is 7.42. The van der Waals surface area contributed by atoms with Crippen molar-refractivity contribution in [2.24, 2.45) is 0 Å². The van der Waals surface area contributed by atoms with E-state index in [9.17, 15) is 19.7 Å². The second-order valence-corrected chi connectivity index (χ2v) is 10.7. The minimum atomic E-state index is -0.460. The molecule has 0 aliphatic carbocycles. The summed E-state index contributed by atoms with van der Waals surface area (Å²) in [5, 5.41) is 11.9. The van der Waals surface area contributed by atoms with Gasteiger partial charge in [-0.2, -0.15) is 0 Å². The third-order valence-electron chi connectivity index (χ3n) is 4.65. The van der Waals surface area contributed by atoms with E-state index in [0.717, 1.165) is 25.8 Å². The zero-order valence-corrected chi connectivity index (χ0v) is 21.3. The van der Waals surface area contributed by atoms with Crippen molar-refractivity contribution in [1.29, 1.82) is 0 Å². The van der Waals surface area contributed by atoms with Crippen LogP contribution < -0.4 is 0 Å². The number of carbonyl (C=O) groups excluding carboxylic acids is 2. The molecule has 0 spiro atoms. The number of nitro benzene ring substituents is 1. The second kappa shape index (κ2) is 10.3. The summed E-state index contributed by atoms with van der Waals surface area (Å²) < 4.78 is 1.06. The van der Waals surface area contributed by atoms with Gasteiger partial charge in [-0.05, 0) is 94.0 Å². The molecule has 6 nitrogen and oxygen atoms in total. The van der Waals surface area contributed by atoms with E-state index < -0.39 is 10.8 Å². The van der Waals surface area contributed by atoms with Gasteiger partial charge >= 0.3 is 0 Å². The number of nitro groups is 1. The van der Waals surface area contributed by atoms with E-state index in [0.29, 0.717) is 15.5 Å². The summed E-state index contributed by atoms with van der Waals surface area (Å²) in [5.74, 6) is -0.411. The average molecular weight is 609 g/mol. The number of benzene rings is 3. The number of amides is 2. The van der Waals surface area contributed by atoms with E-state index in [1.165, 1.54) is 28.8 Å². The van der Waals surface area contributed by atoms with Crippen LogP contribution >= 0.6 is 57.7 Å². The fourth-order valence-electron chi connectivity index (χ4n) is 3.04. The minimum absolute atomic E-state index is 0.0817. The maximum atomic E-state index is 12.8. The first kappa shape index (κ1) is 23.8. The maximum Gasteiger partial charge on any atom is 0.293 e. The van der Waals surface area contributed by atoms with Gasteiger partial charge in [-0.3, -0.25) is 24.6 Å². The summed E-state index contributed by atoms with van der Waals surface area (Å²) >= 11 is 10.2. The van der Waals surface area contributed by atoms with Gasteiger partial charge in [0.2, 0.25) is 0 Å². The Balaban J connectivity index is 1.56. The molecule has 3 aromatic rings. The molecule has 1 aliphatic heterocycles. The van der Waals surface area contributed by atoms with Crippen molar-refractivity contribution in [2.45, 2.75) is 16.3 Å². The Morgan fingerprint density at radius 1 is 1.06 bits per heavy atom. The molecule has 1 fully saturated rings. The highest BCUT2D eigenvalue weighted by atomic mass is 127. The molecule has 10 heteroatoms. The van der Waals surface area contributed by atoms with Gasteiger partial charge in [0.05, 0.1) is 21.3 Å². The van der Waals surface area contributed by atoms with E-state index in [4.69, 9.17) is 11.6 Å². The Bertz CT molecular complexity index is 1280. The van der Waals surface area contributed by atoms with Gasteiger partial charge in [0.25, 0.3) is 16.8 Å². The highest BCUT2D eigenvalue weighted by Gasteiger charge is 2.35. The van der Waals surface area contributed by atoms with Gasteiger partial charge in [-0.15, -0.1) is 0 Å². The number of hydrogen-bond donors (Lipinski definition) is 0. The molecule has 0 aromatic heterocycles. The fourth-order valence-corrected chi connectivity index (χ4v) is 5.27. The Morgan fingerprint density at radius 2 is 1.76 bits per heavy atom. The summed E-state index contributed by atoms with van der Waals surface area (Å²) in [6, 6.07) is 19.3. The molecular formula is C23H14ClIN2O4S2. The molecule has 0 N–H and O–H groups in total. The molecule has 0 atom stereocenters. The zero-order valence-electron chi connectivity index (χ0n) is 16.7. The number of halogens is 2. The maximum absolute atomic E-state index is 12.8. The highest BCUT2D eigenvalue weighted by Crippen LogP contribution is 2.38. The van der Waals surface area contributed by atoms with Crippen LogP contribution in [0.1, 0.15) is 11.1 Å². The van der Waals surface area contributed by atoms with Crippen LogP contribution in [0.3, 0.4) is 0 Å². The third-order valence-corrected chi connectivity index (χ3v) is 7.60. The zero-order chi connectivity index (χ0) is 23.5. The number of carbonyl (C=O) groups is 2. The van der Waals surface area contributed by atoms with Gasteiger partial charge in [-0.25, -0.2) is 0 Å². The standard InChI is InChI=1S/C23H14ClIN2O4S2/c24-16-4-8-18(9-5-16)32-20-10-3-15(11-19(20)27(30)31)12-21-22(28)26(23(29)33-21)13-14-1-6-17(25)7-2-14/h1-12H,13H2/b21-12-. The first-order valence-electron chi connectivity index (χ1n) is 9.52. The van der Waals surface area contributed by atoms with Gasteiger partial charge in [-0.1, -0.05) is 41.6 Å². The van der Waals surface area contributed by atoms with Gasteiger partial charge in [0, 0.05) is 19.6 Å². The van der Waals surface area contributed by atoms with E-state index in [-0.39, 0.29) is 22.4 Å². The lowest BCUT2D eigenvalue weighted by molar-refractivity contribution is -0.387. The molecular weight excluding hydrogens is 595 g/mol. The molecule has 0 bridgehead atoms. The molecule has 0 radical (unpaired) electrons. The minimum Gasteiger partial charge on any atom is -0.268 e. The van der Waals surface area contributed by atoms with E-state index in [1.54, 1.807) is 36.4 Å². The third kappa shape index (κ3) is 5.78. The summed E-state index contributed by atoms with van der Waals surface area (Å²) in [5.41, 5.74) is 1.24. The van der Waals surface area contributed by atoms with Crippen molar-refractivity contribution in [2.75, 3.05) is 0 Å². The number of rotatable bonds is 6. The first-order chi connectivity index (χ1) is 15.8. The van der Waals surface area contributed by atoms with Crippen molar-refractivity contribution in [3.05, 3.63) is 101 Å². The Morgan fingerprint density at radius 3 is 2.42 bits per heavy atom. The molecule has 0 saturated carbocycles. The monoisotopic (exact) mass is 608 g/mol. The largest absolute Gasteiger partial charge is 0.293 e. The number of hydrogen-bond acceptors (Lipinski definition) is 6. The number of imide groups is 1. The van der Waals surface area contributed by atoms with Crippen LogP contribution in [0.2, 0.25) is 5.02 Å². The Labute approximate surface area is 216 Å². The van der Waals surface area contributed by atoms with E-state index in [1.807, 2.05) is 24.3 Å². The van der Waals surface area contributed by atoms with Gasteiger partial charge < -0.3 is 0 Å². The highest BCUT2D eigenvalue weighted by molar-refractivity contribution is 14.1. The molecule has 0 unspecified atom stereocenters. The van der Waals surface area contributed by atoms with Gasteiger partial charge in [0.15, 0.2) is 0 Å². The van der Waals surface area contributed by atoms with Crippen molar-refractivity contribution in [3.63, 3.8) is 0 Å². The van der Waals surface area contributed by atoms with Crippen LogP contribution in [-0.4, -0.2) is 21.0 Å².